The van der Waals surface area contributed by atoms with Gasteiger partial charge in [-0.25, -0.2) is 13.2 Å². The molecule has 2 atom stereocenters. The van der Waals surface area contributed by atoms with Gasteiger partial charge in [0.05, 0.1) is 17.8 Å². The first kappa shape index (κ1) is 18.0. The van der Waals surface area contributed by atoms with E-state index < -0.39 is 39.8 Å². The van der Waals surface area contributed by atoms with Crippen molar-refractivity contribution in [1.82, 2.24) is 15.1 Å². The number of sulfone groups is 1. The molecule has 0 bridgehead atoms. The standard InChI is InChI=1S/C17H21N3O6S/c1-17(13-3-2-7-26-13)15(22)19(16(23)18-17)9-14(21)20(11-4-5-11)12-6-8-27(24,25)10-12/h2-3,7,11-12H,4-6,8-10H2,1H3,(H,18,23)/t12-,17-/m0/s1. The predicted octanol–water partition coefficient (Wildman–Crippen LogP) is 0.225. The van der Waals surface area contributed by atoms with E-state index in [0.29, 0.717) is 6.42 Å². The third-order valence-corrected chi connectivity index (χ3v) is 7.16. The quantitative estimate of drug-likeness (QED) is 0.713. The molecule has 3 heterocycles. The minimum absolute atomic E-state index is 0.00646. The number of furan rings is 1. The lowest BCUT2D eigenvalue weighted by molar-refractivity contribution is -0.140. The van der Waals surface area contributed by atoms with Crippen LogP contribution in [0.4, 0.5) is 4.79 Å². The fourth-order valence-corrected chi connectivity index (χ4v) is 5.55. The Hall–Kier alpha value is -2.36. The molecule has 4 rings (SSSR count). The molecule has 3 aliphatic rings. The number of amides is 4. The Morgan fingerprint density at radius 1 is 1.33 bits per heavy atom. The van der Waals surface area contributed by atoms with Crippen molar-refractivity contribution in [3.05, 3.63) is 24.2 Å². The molecule has 146 valence electrons. The highest BCUT2D eigenvalue weighted by molar-refractivity contribution is 7.91. The van der Waals surface area contributed by atoms with E-state index in [1.54, 1.807) is 17.0 Å². The van der Waals surface area contributed by atoms with Crippen LogP contribution in [0.25, 0.3) is 0 Å². The van der Waals surface area contributed by atoms with E-state index in [1.807, 2.05) is 0 Å². The molecule has 1 aliphatic carbocycles. The Morgan fingerprint density at radius 3 is 2.63 bits per heavy atom. The monoisotopic (exact) mass is 395 g/mol. The molecule has 0 unspecified atom stereocenters. The molecule has 1 aromatic rings. The minimum Gasteiger partial charge on any atom is -0.466 e. The van der Waals surface area contributed by atoms with Crippen LogP contribution in [0.5, 0.6) is 0 Å². The summed E-state index contributed by atoms with van der Waals surface area (Å²) in [6.45, 7) is 1.12. The van der Waals surface area contributed by atoms with Crippen molar-refractivity contribution in [2.45, 2.75) is 43.8 Å². The van der Waals surface area contributed by atoms with Gasteiger partial charge >= 0.3 is 6.03 Å². The van der Waals surface area contributed by atoms with Gasteiger partial charge in [-0.1, -0.05) is 0 Å². The Balaban J connectivity index is 1.52. The van der Waals surface area contributed by atoms with Crippen LogP contribution in [0.1, 0.15) is 31.9 Å². The summed E-state index contributed by atoms with van der Waals surface area (Å²) in [5, 5.41) is 2.58. The van der Waals surface area contributed by atoms with Gasteiger partial charge in [0, 0.05) is 12.1 Å². The van der Waals surface area contributed by atoms with Crippen LogP contribution in [-0.2, 0) is 25.0 Å². The zero-order valence-corrected chi connectivity index (χ0v) is 15.7. The number of hydrogen-bond donors (Lipinski definition) is 1. The van der Waals surface area contributed by atoms with Crippen LogP contribution >= 0.6 is 0 Å². The fourth-order valence-electron chi connectivity index (χ4n) is 3.84. The second-order valence-corrected chi connectivity index (χ2v) is 9.74. The maximum absolute atomic E-state index is 12.9. The molecule has 0 radical (unpaired) electrons. The molecule has 10 heteroatoms. The molecule has 1 N–H and O–H groups in total. The molecule has 4 amide bonds. The van der Waals surface area contributed by atoms with E-state index in [0.717, 1.165) is 17.7 Å². The summed E-state index contributed by atoms with van der Waals surface area (Å²) in [6, 6.07) is 2.15. The average molecular weight is 395 g/mol. The van der Waals surface area contributed by atoms with Crippen LogP contribution < -0.4 is 5.32 Å². The van der Waals surface area contributed by atoms with Crippen molar-refractivity contribution < 1.29 is 27.2 Å². The third-order valence-electron chi connectivity index (χ3n) is 5.41. The zero-order valence-electron chi connectivity index (χ0n) is 14.9. The van der Waals surface area contributed by atoms with Gasteiger partial charge < -0.3 is 14.6 Å². The molecule has 0 aromatic carbocycles. The molecular formula is C17H21N3O6S. The largest absolute Gasteiger partial charge is 0.466 e. The maximum atomic E-state index is 12.9. The van der Waals surface area contributed by atoms with Crippen molar-refractivity contribution in [2.24, 2.45) is 0 Å². The third kappa shape index (κ3) is 3.11. The lowest BCUT2D eigenvalue weighted by Gasteiger charge is -2.29. The molecule has 0 spiro atoms. The number of rotatable bonds is 5. The van der Waals surface area contributed by atoms with Crippen molar-refractivity contribution in [1.29, 1.82) is 0 Å². The van der Waals surface area contributed by atoms with Crippen molar-refractivity contribution >= 4 is 27.7 Å². The van der Waals surface area contributed by atoms with Gasteiger partial charge in [-0.05, 0) is 38.3 Å². The normalized spacial score (nSPS) is 29.8. The van der Waals surface area contributed by atoms with Crippen LogP contribution in [-0.4, -0.2) is 66.2 Å². The van der Waals surface area contributed by atoms with E-state index in [4.69, 9.17) is 4.42 Å². The zero-order chi connectivity index (χ0) is 19.4. The van der Waals surface area contributed by atoms with E-state index in [2.05, 4.69) is 5.32 Å². The Bertz CT molecular complexity index is 892. The summed E-state index contributed by atoms with van der Waals surface area (Å²) in [7, 11) is -3.14. The summed E-state index contributed by atoms with van der Waals surface area (Å²) >= 11 is 0. The van der Waals surface area contributed by atoms with Gasteiger partial charge in [0.1, 0.15) is 12.3 Å². The highest BCUT2D eigenvalue weighted by Gasteiger charge is 2.52. The first-order valence-corrected chi connectivity index (χ1v) is 10.7. The lowest BCUT2D eigenvalue weighted by Crippen LogP contribution is -2.49. The summed E-state index contributed by atoms with van der Waals surface area (Å²) in [4.78, 5) is 40.5. The van der Waals surface area contributed by atoms with Crippen molar-refractivity contribution in [2.75, 3.05) is 18.1 Å². The van der Waals surface area contributed by atoms with E-state index in [9.17, 15) is 22.8 Å². The summed E-state index contributed by atoms with van der Waals surface area (Å²) in [5.74, 6) is -0.665. The smallest absolute Gasteiger partial charge is 0.325 e. The molecule has 2 aliphatic heterocycles. The molecule has 1 aromatic heterocycles. The summed E-state index contributed by atoms with van der Waals surface area (Å²) in [5.41, 5.74) is -1.36. The second-order valence-electron chi connectivity index (χ2n) is 7.51. The highest BCUT2D eigenvalue weighted by Crippen LogP contribution is 2.33. The topological polar surface area (TPSA) is 117 Å². The molecule has 1 saturated carbocycles. The van der Waals surface area contributed by atoms with Gasteiger partial charge in [-0.3, -0.25) is 14.5 Å². The number of carbonyl (C=O) groups is 3. The van der Waals surface area contributed by atoms with Crippen molar-refractivity contribution in [3.8, 4) is 0 Å². The van der Waals surface area contributed by atoms with E-state index in [1.165, 1.54) is 13.2 Å². The SMILES string of the molecule is C[C@@]1(c2ccco2)NC(=O)N(CC(=O)N(C2CC2)[C@H]2CCS(=O)(=O)C2)C1=O. The molecule has 2 saturated heterocycles. The van der Waals surface area contributed by atoms with E-state index in [-0.39, 0.29) is 29.3 Å². The Kier molecular flexibility index (Phi) is 4.06. The van der Waals surface area contributed by atoms with Crippen molar-refractivity contribution in [3.63, 3.8) is 0 Å². The molecule has 27 heavy (non-hydrogen) atoms. The molecular weight excluding hydrogens is 374 g/mol. The van der Waals surface area contributed by atoms with Gasteiger partial charge in [0.2, 0.25) is 5.91 Å². The Morgan fingerprint density at radius 2 is 2.07 bits per heavy atom. The number of imide groups is 1. The van der Waals surface area contributed by atoms with Crippen LogP contribution in [0.15, 0.2) is 22.8 Å². The number of nitrogens with one attached hydrogen (secondary N) is 1. The number of carbonyl (C=O) groups excluding carboxylic acids is 3. The first-order valence-electron chi connectivity index (χ1n) is 8.91. The number of hydrogen-bond acceptors (Lipinski definition) is 6. The van der Waals surface area contributed by atoms with Gasteiger partial charge in [0.25, 0.3) is 5.91 Å². The number of urea groups is 1. The van der Waals surface area contributed by atoms with Crippen LogP contribution in [0.2, 0.25) is 0 Å². The lowest BCUT2D eigenvalue weighted by atomic mass is 9.99. The number of nitrogens with zero attached hydrogens (tertiary/aromatic N) is 2. The van der Waals surface area contributed by atoms with Gasteiger partial charge in [-0.2, -0.15) is 0 Å². The Labute approximate surface area is 156 Å². The van der Waals surface area contributed by atoms with E-state index >= 15 is 0 Å². The predicted molar refractivity (Wildman–Crippen MR) is 93.2 cm³/mol. The minimum atomic E-state index is -3.14. The maximum Gasteiger partial charge on any atom is 0.325 e. The highest BCUT2D eigenvalue weighted by atomic mass is 32.2. The van der Waals surface area contributed by atoms with Gasteiger partial charge in [0.15, 0.2) is 15.4 Å². The fraction of sp³-hybridized carbons (Fsp3) is 0.588. The first-order chi connectivity index (χ1) is 12.7. The molecule has 3 fully saturated rings. The van der Waals surface area contributed by atoms with Crippen LogP contribution in [0, 0.1) is 0 Å². The van der Waals surface area contributed by atoms with Crippen LogP contribution in [0.3, 0.4) is 0 Å². The van der Waals surface area contributed by atoms with Gasteiger partial charge in [-0.15, -0.1) is 0 Å². The molecule has 9 nitrogen and oxygen atoms in total. The summed E-state index contributed by atoms with van der Waals surface area (Å²) in [6.07, 6.45) is 3.43. The average Bonchev–Trinajstić information content (AvgIpc) is 3.04. The summed E-state index contributed by atoms with van der Waals surface area (Å²) < 4.78 is 28.9. The second kappa shape index (κ2) is 6.08.